The van der Waals surface area contributed by atoms with Crippen molar-refractivity contribution in [1.82, 2.24) is 8.61 Å². The Bertz CT molecular complexity index is 731. The van der Waals surface area contributed by atoms with E-state index in [4.69, 9.17) is 0 Å². The molecule has 0 atom stereocenters. The lowest BCUT2D eigenvalue weighted by molar-refractivity contribution is -0.929. The number of hydrogen-bond donors (Lipinski definition) is 1. The molecule has 1 heterocycles. The average Bonchev–Trinajstić information content (AvgIpc) is 2.64. The van der Waals surface area contributed by atoms with E-state index in [9.17, 15) is 8.42 Å². The molecular weight excluding hydrogens is 334 g/mol. The Hall–Kier alpha value is -1.73. The van der Waals surface area contributed by atoms with Crippen LogP contribution in [-0.2, 0) is 10.2 Å². The molecule has 0 unspecified atom stereocenters. The van der Waals surface area contributed by atoms with E-state index in [1.165, 1.54) is 20.3 Å². The van der Waals surface area contributed by atoms with Crippen LogP contribution in [0, 0.1) is 0 Å². The zero-order valence-electron chi connectivity index (χ0n) is 14.8. The molecule has 6 heteroatoms. The van der Waals surface area contributed by atoms with Crippen LogP contribution in [0.5, 0.6) is 0 Å². The first-order chi connectivity index (χ1) is 12.0. The van der Waals surface area contributed by atoms with Crippen molar-refractivity contribution in [3.05, 3.63) is 71.8 Å². The predicted octanol–water partition coefficient (Wildman–Crippen LogP) is 0.783. The standard InChI is InChI=1S/C19H25N3O2S/c1-20(2)25(23,24)22-15-13-21(14-16-22)19(17-9-5-3-6-10-17)18-11-7-4-8-12-18/h3-12,19H,13-16H2,1-2H3/p+1. The summed E-state index contributed by atoms with van der Waals surface area (Å²) in [6.07, 6.45) is 0. The summed E-state index contributed by atoms with van der Waals surface area (Å²) in [6, 6.07) is 21.2. The molecule has 0 spiro atoms. The molecule has 1 fully saturated rings. The number of hydrogen-bond acceptors (Lipinski definition) is 2. The van der Waals surface area contributed by atoms with Crippen LogP contribution >= 0.6 is 0 Å². The Labute approximate surface area is 150 Å². The van der Waals surface area contributed by atoms with Crippen LogP contribution in [0.1, 0.15) is 17.2 Å². The minimum atomic E-state index is -3.33. The van der Waals surface area contributed by atoms with Crippen molar-refractivity contribution >= 4 is 10.2 Å². The number of quaternary nitrogens is 1. The summed E-state index contributed by atoms with van der Waals surface area (Å²) in [5.41, 5.74) is 2.54. The molecule has 0 bridgehead atoms. The van der Waals surface area contributed by atoms with Crippen LogP contribution in [0.2, 0.25) is 0 Å². The highest BCUT2D eigenvalue weighted by Crippen LogP contribution is 2.19. The van der Waals surface area contributed by atoms with E-state index in [-0.39, 0.29) is 6.04 Å². The maximum Gasteiger partial charge on any atom is 0.281 e. The molecule has 3 rings (SSSR count). The minimum Gasteiger partial charge on any atom is -0.323 e. The molecule has 1 saturated heterocycles. The van der Waals surface area contributed by atoms with Gasteiger partial charge in [0.2, 0.25) is 0 Å². The van der Waals surface area contributed by atoms with E-state index in [1.54, 1.807) is 18.4 Å². The maximum absolute atomic E-state index is 12.3. The van der Waals surface area contributed by atoms with Crippen LogP contribution in [-0.4, -0.2) is 57.3 Å². The Balaban J connectivity index is 1.83. The van der Waals surface area contributed by atoms with Gasteiger partial charge >= 0.3 is 0 Å². The molecule has 1 aliphatic rings. The third kappa shape index (κ3) is 3.93. The van der Waals surface area contributed by atoms with Crippen LogP contribution in [0.3, 0.4) is 0 Å². The molecule has 0 aliphatic carbocycles. The molecule has 0 saturated carbocycles. The van der Waals surface area contributed by atoms with Gasteiger partial charge in [-0.15, -0.1) is 0 Å². The fourth-order valence-corrected chi connectivity index (χ4v) is 4.58. The third-order valence-electron chi connectivity index (χ3n) is 4.83. The molecule has 0 amide bonds. The van der Waals surface area contributed by atoms with Crippen molar-refractivity contribution in [3.8, 4) is 0 Å². The second-order valence-corrected chi connectivity index (χ2v) is 8.74. The lowest BCUT2D eigenvalue weighted by atomic mass is 9.96. The number of rotatable bonds is 5. The summed E-state index contributed by atoms with van der Waals surface area (Å²) in [6.45, 7) is 2.68. The van der Waals surface area contributed by atoms with Gasteiger partial charge in [-0.2, -0.15) is 17.0 Å². The van der Waals surface area contributed by atoms with Gasteiger partial charge in [-0.05, 0) is 0 Å². The average molecular weight is 361 g/mol. The molecule has 2 aromatic carbocycles. The maximum atomic E-state index is 12.3. The summed E-state index contributed by atoms with van der Waals surface area (Å²) < 4.78 is 27.6. The highest BCUT2D eigenvalue weighted by molar-refractivity contribution is 7.86. The quantitative estimate of drug-likeness (QED) is 0.857. The van der Waals surface area contributed by atoms with Gasteiger partial charge in [0, 0.05) is 25.2 Å². The Kier molecular flexibility index (Phi) is 5.54. The molecule has 0 radical (unpaired) electrons. The van der Waals surface area contributed by atoms with E-state index in [0.717, 1.165) is 13.1 Å². The van der Waals surface area contributed by atoms with Crippen molar-refractivity contribution in [2.24, 2.45) is 0 Å². The first kappa shape index (κ1) is 18.1. The van der Waals surface area contributed by atoms with Gasteiger partial charge in [0.15, 0.2) is 0 Å². The van der Waals surface area contributed by atoms with Gasteiger partial charge in [-0.1, -0.05) is 60.7 Å². The molecule has 2 aromatic rings. The molecule has 0 aromatic heterocycles. The molecule has 25 heavy (non-hydrogen) atoms. The van der Waals surface area contributed by atoms with E-state index in [1.807, 2.05) is 12.1 Å². The van der Waals surface area contributed by atoms with Crippen molar-refractivity contribution < 1.29 is 13.3 Å². The van der Waals surface area contributed by atoms with Gasteiger partial charge in [-0.3, -0.25) is 0 Å². The highest BCUT2D eigenvalue weighted by atomic mass is 32.2. The first-order valence-corrected chi connectivity index (χ1v) is 10.0. The number of benzene rings is 2. The van der Waals surface area contributed by atoms with Gasteiger partial charge < -0.3 is 4.90 Å². The summed E-state index contributed by atoms with van der Waals surface area (Å²) >= 11 is 0. The fourth-order valence-electron chi connectivity index (χ4n) is 3.48. The molecule has 1 N–H and O–H groups in total. The highest BCUT2D eigenvalue weighted by Gasteiger charge is 2.34. The second-order valence-electron chi connectivity index (χ2n) is 6.60. The van der Waals surface area contributed by atoms with E-state index in [0.29, 0.717) is 13.1 Å². The van der Waals surface area contributed by atoms with E-state index < -0.39 is 10.2 Å². The molecule has 1 aliphatic heterocycles. The summed E-state index contributed by atoms with van der Waals surface area (Å²) in [5.74, 6) is 0. The number of nitrogens with one attached hydrogen (secondary N) is 1. The first-order valence-electron chi connectivity index (χ1n) is 8.62. The Morgan fingerprint density at radius 3 is 1.72 bits per heavy atom. The zero-order valence-corrected chi connectivity index (χ0v) is 15.6. The molecular formula is C19H26N3O2S+. The van der Waals surface area contributed by atoms with Crippen LogP contribution < -0.4 is 4.90 Å². The summed E-state index contributed by atoms with van der Waals surface area (Å²) in [5, 5.41) is 0. The lowest BCUT2D eigenvalue weighted by Crippen LogP contribution is -3.15. The Morgan fingerprint density at radius 1 is 0.880 bits per heavy atom. The van der Waals surface area contributed by atoms with Gasteiger partial charge in [0.25, 0.3) is 10.2 Å². The largest absolute Gasteiger partial charge is 0.323 e. The summed E-state index contributed by atoms with van der Waals surface area (Å²) in [7, 11) is -0.148. The Morgan fingerprint density at radius 2 is 1.32 bits per heavy atom. The molecule has 5 nitrogen and oxygen atoms in total. The lowest BCUT2D eigenvalue weighted by Gasteiger charge is -2.37. The zero-order chi connectivity index (χ0) is 17.9. The third-order valence-corrected chi connectivity index (χ3v) is 6.77. The van der Waals surface area contributed by atoms with Crippen molar-refractivity contribution in [2.75, 3.05) is 40.3 Å². The van der Waals surface area contributed by atoms with E-state index >= 15 is 0 Å². The van der Waals surface area contributed by atoms with Crippen LogP contribution in [0.25, 0.3) is 0 Å². The topological polar surface area (TPSA) is 45.1 Å². The number of piperazine rings is 1. The van der Waals surface area contributed by atoms with Crippen LogP contribution in [0.4, 0.5) is 0 Å². The number of nitrogens with zero attached hydrogens (tertiary/aromatic N) is 2. The normalized spacial score (nSPS) is 17.3. The van der Waals surface area contributed by atoms with Gasteiger partial charge in [0.05, 0.1) is 26.2 Å². The predicted molar refractivity (Wildman–Crippen MR) is 99.6 cm³/mol. The SMILES string of the molecule is CN(C)S(=O)(=O)N1CC[NH+](C(c2ccccc2)c2ccccc2)CC1. The van der Waals surface area contributed by atoms with E-state index in [2.05, 4.69) is 48.5 Å². The smallest absolute Gasteiger partial charge is 0.281 e. The van der Waals surface area contributed by atoms with Gasteiger partial charge in [0.1, 0.15) is 6.04 Å². The summed E-state index contributed by atoms with van der Waals surface area (Å²) in [4.78, 5) is 1.41. The van der Waals surface area contributed by atoms with Crippen molar-refractivity contribution in [1.29, 1.82) is 0 Å². The monoisotopic (exact) mass is 360 g/mol. The van der Waals surface area contributed by atoms with Gasteiger partial charge in [-0.25, -0.2) is 0 Å². The minimum absolute atomic E-state index is 0.228. The van der Waals surface area contributed by atoms with Crippen molar-refractivity contribution in [2.45, 2.75) is 6.04 Å². The second kappa shape index (κ2) is 7.66. The van der Waals surface area contributed by atoms with Crippen LogP contribution in [0.15, 0.2) is 60.7 Å². The fraction of sp³-hybridized carbons (Fsp3) is 0.368. The molecule has 134 valence electrons. The van der Waals surface area contributed by atoms with Crippen molar-refractivity contribution in [3.63, 3.8) is 0 Å².